The molecule has 0 amide bonds. The zero-order chi connectivity index (χ0) is 10.2. The van der Waals surface area contributed by atoms with Crippen LogP contribution in [0.3, 0.4) is 0 Å². The molecule has 0 aromatic heterocycles. The fraction of sp³-hybridized carbons (Fsp3) is 0.545. The van der Waals surface area contributed by atoms with Gasteiger partial charge < -0.3 is 4.74 Å². The van der Waals surface area contributed by atoms with Gasteiger partial charge >= 0.3 is 5.97 Å². The minimum absolute atomic E-state index is 0.197. The Morgan fingerprint density at radius 1 is 1.38 bits per heavy atom. The maximum absolute atomic E-state index is 11.3. The second-order valence-electron chi connectivity index (χ2n) is 3.97. The van der Waals surface area contributed by atoms with E-state index in [-0.39, 0.29) is 5.97 Å². The molecule has 1 heterocycles. The van der Waals surface area contributed by atoms with Crippen LogP contribution in [0.15, 0.2) is 22.8 Å². The summed E-state index contributed by atoms with van der Waals surface area (Å²) in [5.41, 5.74) is 2.39. The SMILES string of the molecule is CC(C)=CC1(C)OC(=O)C(C)=C1C. The molecule has 1 aliphatic rings. The molecular formula is C11H16O2. The molecule has 0 spiro atoms. The minimum atomic E-state index is -0.514. The molecule has 13 heavy (non-hydrogen) atoms. The molecule has 1 rings (SSSR count). The van der Waals surface area contributed by atoms with Crippen molar-refractivity contribution < 1.29 is 9.53 Å². The summed E-state index contributed by atoms with van der Waals surface area (Å²) in [6, 6.07) is 0. The Morgan fingerprint density at radius 2 is 1.92 bits per heavy atom. The van der Waals surface area contributed by atoms with Gasteiger partial charge in [0.15, 0.2) is 0 Å². The Morgan fingerprint density at radius 3 is 2.23 bits per heavy atom. The van der Waals surface area contributed by atoms with E-state index in [9.17, 15) is 4.79 Å². The van der Waals surface area contributed by atoms with Crippen LogP contribution in [0.1, 0.15) is 34.6 Å². The van der Waals surface area contributed by atoms with Gasteiger partial charge in [-0.2, -0.15) is 0 Å². The molecule has 0 saturated carbocycles. The van der Waals surface area contributed by atoms with Gasteiger partial charge in [0.05, 0.1) is 0 Å². The standard InChI is InChI=1S/C11H16O2/c1-7(2)6-11(5)9(4)8(3)10(12)13-11/h6H,1-5H3. The number of cyclic esters (lactones) is 1. The van der Waals surface area contributed by atoms with Crippen molar-refractivity contribution >= 4 is 5.97 Å². The summed E-state index contributed by atoms with van der Waals surface area (Å²) in [5.74, 6) is -0.197. The predicted octanol–water partition coefficient (Wildman–Crippen LogP) is 2.60. The van der Waals surface area contributed by atoms with Gasteiger partial charge in [-0.25, -0.2) is 4.79 Å². The molecule has 0 fully saturated rings. The molecule has 0 bridgehead atoms. The molecule has 2 heteroatoms. The molecule has 72 valence electrons. The van der Waals surface area contributed by atoms with Crippen LogP contribution >= 0.6 is 0 Å². The molecule has 0 N–H and O–H groups in total. The van der Waals surface area contributed by atoms with Crippen molar-refractivity contribution in [2.75, 3.05) is 0 Å². The van der Waals surface area contributed by atoms with Crippen molar-refractivity contribution in [3.05, 3.63) is 22.8 Å². The molecule has 2 nitrogen and oxygen atoms in total. The lowest BCUT2D eigenvalue weighted by atomic mass is 9.94. The number of hydrogen-bond acceptors (Lipinski definition) is 2. The van der Waals surface area contributed by atoms with Gasteiger partial charge in [-0.15, -0.1) is 0 Å². The number of hydrogen-bond donors (Lipinski definition) is 0. The highest BCUT2D eigenvalue weighted by Crippen LogP contribution is 2.33. The van der Waals surface area contributed by atoms with Gasteiger partial charge in [-0.05, 0) is 46.3 Å². The molecule has 0 aromatic rings. The topological polar surface area (TPSA) is 26.3 Å². The monoisotopic (exact) mass is 180 g/mol. The summed E-state index contributed by atoms with van der Waals surface area (Å²) in [5, 5.41) is 0. The Kier molecular flexibility index (Phi) is 2.33. The van der Waals surface area contributed by atoms with E-state index in [0.29, 0.717) is 0 Å². The average molecular weight is 180 g/mol. The van der Waals surface area contributed by atoms with Gasteiger partial charge in [-0.3, -0.25) is 0 Å². The summed E-state index contributed by atoms with van der Waals surface area (Å²) in [7, 11) is 0. The third kappa shape index (κ3) is 1.67. The van der Waals surface area contributed by atoms with Crippen molar-refractivity contribution in [3.8, 4) is 0 Å². The van der Waals surface area contributed by atoms with E-state index in [1.165, 1.54) is 0 Å². The predicted molar refractivity (Wildman–Crippen MR) is 52.3 cm³/mol. The maximum atomic E-state index is 11.3. The molecule has 1 aliphatic heterocycles. The Hall–Kier alpha value is -1.05. The first-order valence-electron chi connectivity index (χ1n) is 4.44. The number of carbonyl (C=O) groups is 1. The summed E-state index contributed by atoms with van der Waals surface area (Å²) < 4.78 is 5.29. The van der Waals surface area contributed by atoms with Crippen molar-refractivity contribution in [1.82, 2.24) is 0 Å². The first-order valence-corrected chi connectivity index (χ1v) is 4.44. The van der Waals surface area contributed by atoms with E-state index >= 15 is 0 Å². The van der Waals surface area contributed by atoms with E-state index < -0.39 is 5.60 Å². The highest BCUT2D eigenvalue weighted by molar-refractivity contribution is 5.92. The van der Waals surface area contributed by atoms with Gasteiger partial charge in [0.25, 0.3) is 0 Å². The van der Waals surface area contributed by atoms with E-state index in [4.69, 9.17) is 4.74 Å². The van der Waals surface area contributed by atoms with Crippen LogP contribution in [-0.4, -0.2) is 11.6 Å². The summed E-state index contributed by atoms with van der Waals surface area (Å²) >= 11 is 0. The third-order valence-corrected chi connectivity index (χ3v) is 2.48. The number of allylic oxidation sites excluding steroid dienone is 1. The van der Waals surface area contributed by atoms with Crippen molar-refractivity contribution in [2.24, 2.45) is 0 Å². The zero-order valence-electron chi connectivity index (χ0n) is 8.89. The lowest BCUT2D eigenvalue weighted by Gasteiger charge is -2.21. The fourth-order valence-electron chi connectivity index (χ4n) is 1.56. The van der Waals surface area contributed by atoms with Crippen LogP contribution in [0.2, 0.25) is 0 Å². The van der Waals surface area contributed by atoms with Crippen molar-refractivity contribution in [3.63, 3.8) is 0 Å². The van der Waals surface area contributed by atoms with E-state index in [2.05, 4.69) is 0 Å². The van der Waals surface area contributed by atoms with Gasteiger partial charge in [0, 0.05) is 5.57 Å². The molecular weight excluding hydrogens is 164 g/mol. The quantitative estimate of drug-likeness (QED) is 0.458. The average Bonchev–Trinajstić information content (AvgIpc) is 2.14. The van der Waals surface area contributed by atoms with Crippen LogP contribution < -0.4 is 0 Å². The van der Waals surface area contributed by atoms with Crippen LogP contribution in [0, 0.1) is 0 Å². The summed E-state index contributed by atoms with van der Waals surface area (Å²) in [6.45, 7) is 9.67. The smallest absolute Gasteiger partial charge is 0.335 e. The van der Waals surface area contributed by atoms with Crippen molar-refractivity contribution in [2.45, 2.75) is 40.2 Å². The third-order valence-electron chi connectivity index (χ3n) is 2.48. The maximum Gasteiger partial charge on any atom is 0.335 e. The summed E-state index contributed by atoms with van der Waals surface area (Å²) in [6.07, 6.45) is 1.98. The Balaban J connectivity index is 3.11. The van der Waals surface area contributed by atoms with Crippen LogP contribution in [0.5, 0.6) is 0 Å². The highest BCUT2D eigenvalue weighted by Gasteiger charge is 2.37. The van der Waals surface area contributed by atoms with Gasteiger partial charge in [0.1, 0.15) is 5.60 Å². The van der Waals surface area contributed by atoms with Crippen LogP contribution in [-0.2, 0) is 9.53 Å². The molecule has 0 aliphatic carbocycles. The number of ether oxygens (including phenoxy) is 1. The van der Waals surface area contributed by atoms with Crippen LogP contribution in [0.25, 0.3) is 0 Å². The molecule has 1 atom stereocenters. The number of esters is 1. The minimum Gasteiger partial charge on any atom is -0.447 e. The second-order valence-corrected chi connectivity index (χ2v) is 3.97. The molecule has 1 unspecified atom stereocenters. The highest BCUT2D eigenvalue weighted by atomic mass is 16.6. The Bertz CT molecular complexity index is 306. The molecule has 0 saturated heterocycles. The van der Waals surface area contributed by atoms with Crippen LogP contribution in [0.4, 0.5) is 0 Å². The van der Waals surface area contributed by atoms with E-state index in [1.807, 2.05) is 40.7 Å². The number of rotatable bonds is 1. The first kappa shape index (κ1) is 10.0. The summed E-state index contributed by atoms with van der Waals surface area (Å²) in [4.78, 5) is 11.3. The van der Waals surface area contributed by atoms with E-state index in [0.717, 1.165) is 16.7 Å². The zero-order valence-corrected chi connectivity index (χ0v) is 8.89. The molecule has 0 aromatic carbocycles. The lowest BCUT2D eigenvalue weighted by Crippen LogP contribution is -2.24. The van der Waals surface area contributed by atoms with Gasteiger partial charge in [-0.1, -0.05) is 5.57 Å². The Labute approximate surface area is 79.3 Å². The fourth-order valence-corrected chi connectivity index (χ4v) is 1.56. The van der Waals surface area contributed by atoms with Gasteiger partial charge in [0.2, 0.25) is 0 Å². The molecule has 0 radical (unpaired) electrons. The van der Waals surface area contributed by atoms with Crippen molar-refractivity contribution in [1.29, 1.82) is 0 Å². The lowest BCUT2D eigenvalue weighted by molar-refractivity contribution is -0.142. The normalized spacial score (nSPS) is 27.6. The largest absolute Gasteiger partial charge is 0.447 e. The second kappa shape index (κ2) is 3.02. The first-order chi connectivity index (χ1) is 5.87. The van der Waals surface area contributed by atoms with E-state index in [1.54, 1.807) is 0 Å². The number of carbonyl (C=O) groups excluding carboxylic acids is 1.